The van der Waals surface area contributed by atoms with Gasteiger partial charge in [0, 0.05) is 30.7 Å². The zero-order chi connectivity index (χ0) is 14.8. The predicted octanol–water partition coefficient (Wildman–Crippen LogP) is 4.49. The van der Waals surface area contributed by atoms with Crippen LogP contribution in [-0.2, 0) is 6.54 Å². The van der Waals surface area contributed by atoms with Crippen LogP contribution in [0.4, 0.5) is 9.52 Å². The molecule has 22 heavy (non-hydrogen) atoms. The molecule has 1 aromatic heterocycles. The van der Waals surface area contributed by atoms with Crippen molar-refractivity contribution in [3.63, 3.8) is 0 Å². The molecule has 3 rings (SSSR count). The SMILES string of the molecule is Cl.Fc1ccc(CNC2CCN(c3ncc(Br)s3)C2)c(Cl)c1. The minimum atomic E-state index is -0.301. The van der Waals surface area contributed by atoms with Crippen molar-refractivity contribution in [1.82, 2.24) is 10.3 Å². The van der Waals surface area contributed by atoms with Gasteiger partial charge in [-0.3, -0.25) is 0 Å². The minimum Gasteiger partial charge on any atom is -0.346 e. The first-order valence-electron chi connectivity index (χ1n) is 6.65. The first-order chi connectivity index (χ1) is 10.1. The fourth-order valence-corrected chi connectivity index (χ4v) is 3.86. The molecule has 3 nitrogen and oxygen atoms in total. The van der Waals surface area contributed by atoms with Crippen molar-refractivity contribution in [3.05, 3.63) is 44.6 Å². The van der Waals surface area contributed by atoms with E-state index in [-0.39, 0.29) is 18.2 Å². The van der Waals surface area contributed by atoms with Crippen molar-refractivity contribution >= 4 is 56.4 Å². The van der Waals surface area contributed by atoms with Gasteiger partial charge in [-0.05, 0) is 40.0 Å². The molecule has 120 valence electrons. The van der Waals surface area contributed by atoms with Crippen LogP contribution in [0.25, 0.3) is 0 Å². The third-order valence-corrected chi connectivity index (χ3v) is 5.41. The Hall–Kier alpha value is -0.400. The van der Waals surface area contributed by atoms with Crippen LogP contribution in [0.1, 0.15) is 12.0 Å². The summed E-state index contributed by atoms with van der Waals surface area (Å²) in [6.45, 7) is 2.58. The lowest BCUT2D eigenvalue weighted by molar-refractivity contribution is 0.550. The van der Waals surface area contributed by atoms with Crippen molar-refractivity contribution in [3.8, 4) is 0 Å². The number of nitrogens with zero attached hydrogens (tertiary/aromatic N) is 2. The molecule has 2 aromatic rings. The van der Waals surface area contributed by atoms with Crippen LogP contribution in [0.15, 0.2) is 28.2 Å². The number of hydrogen-bond acceptors (Lipinski definition) is 4. The van der Waals surface area contributed by atoms with Gasteiger partial charge in [0.2, 0.25) is 0 Å². The molecule has 1 aliphatic rings. The largest absolute Gasteiger partial charge is 0.346 e. The summed E-state index contributed by atoms with van der Waals surface area (Å²) in [6, 6.07) is 4.92. The Kier molecular flexibility index (Phi) is 6.46. The number of anilines is 1. The summed E-state index contributed by atoms with van der Waals surface area (Å²) in [7, 11) is 0. The van der Waals surface area contributed by atoms with E-state index in [1.807, 2.05) is 6.20 Å². The molecule has 1 aromatic carbocycles. The summed E-state index contributed by atoms with van der Waals surface area (Å²) in [5.74, 6) is -0.301. The second kappa shape index (κ2) is 7.93. The molecular formula is C14H15BrCl2FN3S. The maximum absolute atomic E-state index is 13.0. The van der Waals surface area contributed by atoms with E-state index in [2.05, 4.69) is 31.1 Å². The first-order valence-corrected chi connectivity index (χ1v) is 8.64. The van der Waals surface area contributed by atoms with Gasteiger partial charge in [0.1, 0.15) is 5.82 Å². The molecule has 1 N–H and O–H groups in total. The average Bonchev–Trinajstić information content (AvgIpc) is 3.06. The van der Waals surface area contributed by atoms with Crippen LogP contribution in [0.2, 0.25) is 5.02 Å². The van der Waals surface area contributed by atoms with E-state index in [0.717, 1.165) is 34.0 Å². The van der Waals surface area contributed by atoms with E-state index in [4.69, 9.17) is 11.6 Å². The van der Waals surface area contributed by atoms with Gasteiger partial charge < -0.3 is 10.2 Å². The Bertz CT molecular complexity index is 640. The molecule has 0 spiro atoms. The fourth-order valence-electron chi connectivity index (χ4n) is 2.41. The molecule has 0 bridgehead atoms. The lowest BCUT2D eigenvalue weighted by Crippen LogP contribution is -2.32. The quantitative estimate of drug-likeness (QED) is 0.780. The number of thiazole rings is 1. The lowest BCUT2D eigenvalue weighted by atomic mass is 10.2. The highest BCUT2D eigenvalue weighted by Crippen LogP contribution is 2.29. The van der Waals surface area contributed by atoms with Crippen molar-refractivity contribution in [1.29, 1.82) is 0 Å². The summed E-state index contributed by atoms with van der Waals surface area (Å²) >= 11 is 11.1. The third-order valence-electron chi connectivity index (χ3n) is 3.52. The summed E-state index contributed by atoms with van der Waals surface area (Å²) in [6.07, 6.45) is 2.90. The maximum atomic E-state index is 13.0. The number of aromatic nitrogens is 1. The van der Waals surface area contributed by atoms with Crippen molar-refractivity contribution in [2.45, 2.75) is 19.0 Å². The van der Waals surface area contributed by atoms with Gasteiger partial charge in [0.25, 0.3) is 0 Å². The summed E-state index contributed by atoms with van der Waals surface area (Å²) in [5, 5.41) is 5.00. The minimum absolute atomic E-state index is 0. The van der Waals surface area contributed by atoms with Crippen LogP contribution in [0.5, 0.6) is 0 Å². The Morgan fingerprint density at radius 2 is 2.32 bits per heavy atom. The molecule has 0 amide bonds. The smallest absolute Gasteiger partial charge is 0.186 e. The molecule has 8 heteroatoms. The van der Waals surface area contributed by atoms with E-state index < -0.39 is 0 Å². The monoisotopic (exact) mass is 425 g/mol. The molecule has 1 fully saturated rings. The highest BCUT2D eigenvalue weighted by atomic mass is 79.9. The number of nitrogens with one attached hydrogen (secondary N) is 1. The molecule has 0 aliphatic carbocycles. The van der Waals surface area contributed by atoms with Gasteiger partial charge in [0.05, 0.1) is 9.98 Å². The van der Waals surface area contributed by atoms with Crippen LogP contribution < -0.4 is 10.2 Å². The van der Waals surface area contributed by atoms with Crippen LogP contribution >= 0.6 is 51.3 Å². The van der Waals surface area contributed by atoms with Crippen molar-refractivity contribution in [2.24, 2.45) is 0 Å². The third kappa shape index (κ3) is 4.32. The van der Waals surface area contributed by atoms with Gasteiger partial charge in [-0.25, -0.2) is 9.37 Å². The number of rotatable bonds is 4. The Balaban J connectivity index is 0.00000176. The maximum Gasteiger partial charge on any atom is 0.186 e. The highest BCUT2D eigenvalue weighted by Gasteiger charge is 2.24. The van der Waals surface area contributed by atoms with Gasteiger partial charge in [-0.2, -0.15) is 0 Å². The molecule has 0 radical (unpaired) electrons. The number of halogens is 4. The standard InChI is InChI=1S/C14H14BrClFN3S.ClH/c15-13-7-19-14(21-13)20-4-3-11(8-20)18-6-9-1-2-10(17)5-12(9)16;/h1-2,5,7,11,18H,3-4,6,8H2;1H. The Labute approximate surface area is 152 Å². The molecule has 1 aliphatic heterocycles. The Morgan fingerprint density at radius 3 is 3.00 bits per heavy atom. The van der Waals surface area contributed by atoms with Gasteiger partial charge in [-0.15, -0.1) is 12.4 Å². The number of benzene rings is 1. The molecule has 1 atom stereocenters. The average molecular weight is 427 g/mol. The highest BCUT2D eigenvalue weighted by molar-refractivity contribution is 9.11. The Morgan fingerprint density at radius 1 is 1.50 bits per heavy atom. The van der Waals surface area contributed by atoms with Crippen LogP contribution in [0, 0.1) is 5.82 Å². The van der Waals surface area contributed by atoms with E-state index in [1.54, 1.807) is 17.4 Å². The van der Waals surface area contributed by atoms with Gasteiger partial charge in [0.15, 0.2) is 5.13 Å². The van der Waals surface area contributed by atoms with Crippen molar-refractivity contribution in [2.75, 3.05) is 18.0 Å². The second-order valence-corrected chi connectivity index (χ2v) is 7.79. The molecule has 1 saturated heterocycles. The van der Waals surface area contributed by atoms with Gasteiger partial charge >= 0.3 is 0 Å². The molecule has 0 saturated carbocycles. The molecule has 2 heterocycles. The zero-order valence-electron chi connectivity index (χ0n) is 11.6. The second-order valence-electron chi connectivity index (χ2n) is 5.00. The van der Waals surface area contributed by atoms with Crippen LogP contribution in [0.3, 0.4) is 0 Å². The molecule has 1 unspecified atom stereocenters. The lowest BCUT2D eigenvalue weighted by Gasteiger charge is -2.16. The van der Waals surface area contributed by atoms with E-state index in [1.165, 1.54) is 12.1 Å². The zero-order valence-corrected chi connectivity index (χ0v) is 15.5. The van der Waals surface area contributed by atoms with E-state index >= 15 is 0 Å². The normalized spacial score (nSPS) is 17.6. The summed E-state index contributed by atoms with van der Waals surface area (Å²) in [4.78, 5) is 6.66. The predicted molar refractivity (Wildman–Crippen MR) is 95.9 cm³/mol. The summed E-state index contributed by atoms with van der Waals surface area (Å²) < 4.78 is 14.1. The fraction of sp³-hybridized carbons (Fsp3) is 0.357. The van der Waals surface area contributed by atoms with E-state index in [9.17, 15) is 4.39 Å². The van der Waals surface area contributed by atoms with Crippen LogP contribution in [-0.4, -0.2) is 24.1 Å². The van der Waals surface area contributed by atoms with Crippen molar-refractivity contribution < 1.29 is 4.39 Å². The summed E-state index contributed by atoms with van der Waals surface area (Å²) in [5.41, 5.74) is 0.925. The molecular weight excluding hydrogens is 412 g/mol. The number of hydrogen-bond donors (Lipinski definition) is 1. The first kappa shape index (κ1) is 17.9. The van der Waals surface area contributed by atoms with Gasteiger partial charge in [-0.1, -0.05) is 29.0 Å². The van der Waals surface area contributed by atoms with E-state index in [0.29, 0.717) is 17.6 Å². The topological polar surface area (TPSA) is 28.2 Å².